The summed E-state index contributed by atoms with van der Waals surface area (Å²) in [4.78, 5) is 15.4. The first-order chi connectivity index (χ1) is 10.6. The topological polar surface area (TPSA) is 70.9 Å². The Morgan fingerprint density at radius 1 is 1.26 bits per heavy atom. The van der Waals surface area contributed by atoms with Gasteiger partial charge in [0.2, 0.25) is 0 Å². The SMILES string of the molecule is CC1CN(c2ccc([N+](=O)[O-])c(N3CCOCC3)c2)CCN1.[Cl-]. The van der Waals surface area contributed by atoms with Crippen LogP contribution in [0.3, 0.4) is 0 Å². The number of halogens is 1. The summed E-state index contributed by atoms with van der Waals surface area (Å²) in [6.45, 7) is 7.55. The third-order valence-electron chi connectivity index (χ3n) is 4.24. The monoisotopic (exact) mass is 341 g/mol. The van der Waals surface area contributed by atoms with Gasteiger partial charge < -0.3 is 32.3 Å². The van der Waals surface area contributed by atoms with Gasteiger partial charge in [-0.25, -0.2) is 0 Å². The number of piperazine rings is 1. The summed E-state index contributed by atoms with van der Waals surface area (Å²) >= 11 is 0. The van der Waals surface area contributed by atoms with Crippen LogP contribution in [0.1, 0.15) is 6.92 Å². The van der Waals surface area contributed by atoms with Crippen LogP contribution in [-0.4, -0.2) is 56.9 Å². The van der Waals surface area contributed by atoms with Gasteiger partial charge in [0.15, 0.2) is 0 Å². The van der Waals surface area contributed by atoms with Crippen molar-refractivity contribution in [2.75, 3.05) is 55.7 Å². The van der Waals surface area contributed by atoms with E-state index in [1.807, 2.05) is 12.1 Å². The highest BCUT2D eigenvalue weighted by Crippen LogP contribution is 2.33. The predicted octanol–water partition coefficient (Wildman–Crippen LogP) is -1.77. The molecule has 128 valence electrons. The Balaban J connectivity index is 0.00000192. The summed E-state index contributed by atoms with van der Waals surface area (Å²) < 4.78 is 5.35. The predicted molar refractivity (Wildman–Crippen MR) is 85.8 cm³/mol. The van der Waals surface area contributed by atoms with Crippen molar-refractivity contribution in [3.05, 3.63) is 28.3 Å². The third-order valence-corrected chi connectivity index (χ3v) is 4.24. The zero-order chi connectivity index (χ0) is 15.5. The molecule has 0 spiro atoms. The Hall–Kier alpha value is -1.57. The number of nitrogens with one attached hydrogen (secondary N) is 1. The normalized spacial score (nSPS) is 21.7. The maximum Gasteiger partial charge on any atom is 0.292 e. The molecule has 23 heavy (non-hydrogen) atoms. The maximum absolute atomic E-state index is 11.3. The van der Waals surface area contributed by atoms with Crippen LogP contribution in [0, 0.1) is 10.1 Å². The third kappa shape index (κ3) is 4.04. The van der Waals surface area contributed by atoms with Crippen molar-refractivity contribution in [1.82, 2.24) is 5.32 Å². The molecule has 2 aliphatic rings. The fraction of sp³-hybridized carbons (Fsp3) is 0.600. The summed E-state index contributed by atoms with van der Waals surface area (Å²) in [6.07, 6.45) is 0. The maximum atomic E-state index is 11.3. The number of hydrogen-bond donors (Lipinski definition) is 1. The molecule has 1 atom stereocenters. The largest absolute Gasteiger partial charge is 1.00 e. The molecule has 0 saturated carbocycles. The molecule has 0 bridgehead atoms. The number of nitro groups is 1. The molecule has 1 N–H and O–H groups in total. The minimum atomic E-state index is -0.297. The summed E-state index contributed by atoms with van der Waals surface area (Å²) in [5.41, 5.74) is 1.94. The van der Waals surface area contributed by atoms with E-state index in [-0.39, 0.29) is 23.0 Å². The van der Waals surface area contributed by atoms with Crippen molar-refractivity contribution < 1.29 is 22.1 Å². The summed E-state index contributed by atoms with van der Waals surface area (Å²) in [5, 5.41) is 14.7. The second-order valence-electron chi connectivity index (χ2n) is 5.83. The van der Waals surface area contributed by atoms with Crippen LogP contribution in [0.4, 0.5) is 17.1 Å². The standard InChI is InChI=1S/C15H22N4O3.ClH/c1-12-11-18(5-4-16-12)13-2-3-14(19(20)21)15(10-13)17-6-8-22-9-7-17;/h2-3,10,12,16H,4-9,11H2,1H3;1H/p-1. The van der Waals surface area contributed by atoms with E-state index in [4.69, 9.17) is 4.74 Å². The first kappa shape index (κ1) is 17.8. The smallest absolute Gasteiger partial charge is 0.292 e. The van der Waals surface area contributed by atoms with Gasteiger partial charge >= 0.3 is 0 Å². The highest BCUT2D eigenvalue weighted by Gasteiger charge is 2.24. The molecule has 0 amide bonds. The molecular formula is C15H22ClN4O3-. The molecule has 7 nitrogen and oxygen atoms in total. The van der Waals surface area contributed by atoms with Gasteiger partial charge in [-0.05, 0) is 19.1 Å². The van der Waals surface area contributed by atoms with Gasteiger partial charge in [-0.1, -0.05) is 0 Å². The summed E-state index contributed by atoms with van der Waals surface area (Å²) in [7, 11) is 0. The van der Waals surface area contributed by atoms with Crippen LogP contribution in [0.15, 0.2) is 18.2 Å². The van der Waals surface area contributed by atoms with Crippen LogP contribution in [-0.2, 0) is 4.74 Å². The molecule has 1 aromatic carbocycles. The minimum Gasteiger partial charge on any atom is -1.00 e. The van der Waals surface area contributed by atoms with Crippen LogP contribution >= 0.6 is 0 Å². The first-order valence-corrected chi connectivity index (χ1v) is 7.74. The number of rotatable bonds is 3. The number of nitrogens with zero attached hydrogens (tertiary/aromatic N) is 3. The average Bonchev–Trinajstić information content (AvgIpc) is 2.55. The number of anilines is 2. The Kier molecular flexibility index (Phi) is 6.04. The number of hydrogen-bond acceptors (Lipinski definition) is 6. The first-order valence-electron chi connectivity index (χ1n) is 7.74. The fourth-order valence-electron chi connectivity index (χ4n) is 3.09. The van der Waals surface area contributed by atoms with E-state index in [0.29, 0.717) is 38.0 Å². The Morgan fingerprint density at radius 2 is 2.00 bits per heavy atom. The zero-order valence-corrected chi connectivity index (χ0v) is 14.0. The molecule has 2 fully saturated rings. The van der Waals surface area contributed by atoms with Gasteiger partial charge in [0.1, 0.15) is 5.69 Å². The second kappa shape index (κ2) is 7.81. The number of morpholine rings is 1. The number of nitro benzene ring substituents is 1. The van der Waals surface area contributed by atoms with Crippen molar-refractivity contribution in [2.45, 2.75) is 13.0 Å². The van der Waals surface area contributed by atoms with Crippen LogP contribution < -0.4 is 27.5 Å². The second-order valence-corrected chi connectivity index (χ2v) is 5.83. The van der Waals surface area contributed by atoms with Gasteiger partial charge in [-0.2, -0.15) is 0 Å². The van der Waals surface area contributed by atoms with Crippen LogP contribution in [0.25, 0.3) is 0 Å². The van der Waals surface area contributed by atoms with Gasteiger partial charge in [0.05, 0.1) is 18.1 Å². The van der Waals surface area contributed by atoms with Gasteiger partial charge in [0, 0.05) is 50.5 Å². The molecule has 2 aliphatic heterocycles. The summed E-state index contributed by atoms with van der Waals surface area (Å²) in [6, 6.07) is 5.88. The molecule has 1 aromatic rings. The van der Waals surface area contributed by atoms with E-state index < -0.39 is 0 Å². The van der Waals surface area contributed by atoms with E-state index in [0.717, 1.165) is 25.3 Å². The zero-order valence-electron chi connectivity index (χ0n) is 13.2. The quantitative estimate of drug-likeness (QED) is 0.518. The van der Waals surface area contributed by atoms with Crippen molar-refractivity contribution in [3.63, 3.8) is 0 Å². The molecule has 2 saturated heterocycles. The van der Waals surface area contributed by atoms with Gasteiger partial charge in [0.25, 0.3) is 5.69 Å². The number of benzene rings is 1. The Bertz CT molecular complexity index is 552. The van der Waals surface area contributed by atoms with Crippen molar-refractivity contribution in [2.24, 2.45) is 0 Å². The summed E-state index contributed by atoms with van der Waals surface area (Å²) in [5.74, 6) is 0. The lowest BCUT2D eigenvalue weighted by Crippen LogP contribution is -3.00. The lowest BCUT2D eigenvalue weighted by Gasteiger charge is -2.35. The fourth-order valence-corrected chi connectivity index (χ4v) is 3.09. The molecule has 3 rings (SSSR count). The molecule has 0 aromatic heterocycles. The van der Waals surface area contributed by atoms with Crippen LogP contribution in [0.5, 0.6) is 0 Å². The lowest BCUT2D eigenvalue weighted by molar-refractivity contribution is -0.384. The average molecular weight is 342 g/mol. The van der Waals surface area contributed by atoms with Crippen molar-refractivity contribution in [1.29, 1.82) is 0 Å². The minimum absolute atomic E-state index is 0. The van der Waals surface area contributed by atoms with Crippen LogP contribution in [0.2, 0.25) is 0 Å². The molecule has 1 unspecified atom stereocenters. The Labute approximate surface area is 142 Å². The Morgan fingerprint density at radius 3 is 2.65 bits per heavy atom. The highest BCUT2D eigenvalue weighted by atomic mass is 35.5. The van der Waals surface area contributed by atoms with E-state index >= 15 is 0 Å². The van der Waals surface area contributed by atoms with Gasteiger partial charge in [-0.3, -0.25) is 10.1 Å². The van der Waals surface area contributed by atoms with E-state index in [2.05, 4.69) is 22.0 Å². The number of ether oxygens (including phenoxy) is 1. The van der Waals surface area contributed by atoms with Crippen molar-refractivity contribution >= 4 is 17.1 Å². The molecule has 0 aliphatic carbocycles. The van der Waals surface area contributed by atoms with E-state index in [9.17, 15) is 10.1 Å². The molecule has 8 heteroatoms. The van der Waals surface area contributed by atoms with E-state index in [1.165, 1.54) is 0 Å². The molecule has 2 heterocycles. The highest BCUT2D eigenvalue weighted by molar-refractivity contribution is 5.70. The van der Waals surface area contributed by atoms with Crippen molar-refractivity contribution in [3.8, 4) is 0 Å². The van der Waals surface area contributed by atoms with Gasteiger partial charge in [-0.15, -0.1) is 0 Å². The molecular weight excluding hydrogens is 320 g/mol. The van der Waals surface area contributed by atoms with E-state index in [1.54, 1.807) is 6.07 Å². The molecule has 0 radical (unpaired) electrons. The lowest BCUT2D eigenvalue weighted by atomic mass is 10.1.